The third-order valence-electron chi connectivity index (χ3n) is 4.03. The second kappa shape index (κ2) is 9.41. The predicted molar refractivity (Wildman–Crippen MR) is 112 cm³/mol. The van der Waals surface area contributed by atoms with Gasteiger partial charge in [0.05, 0.1) is 29.8 Å². The van der Waals surface area contributed by atoms with E-state index < -0.39 is 5.56 Å². The molecule has 0 unspecified atom stereocenters. The molecule has 3 aromatic rings. The summed E-state index contributed by atoms with van der Waals surface area (Å²) in [6.07, 6.45) is 0. The Morgan fingerprint density at radius 3 is 2.57 bits per heavy atom. The Balaban J connectivity index is 1.80. The maximum atomic E-state index is 12.3. The number of nitrogens with one attached hydrogen (secondary N) is 2. The molecule has 1 heterocycles. The number of thioether (sulfide) groups is 1. The molecule has 0 spiro atoms. The van der Waals surface area contributed by atoms with Crippen molar-refractivity contribution < 1.29 is 9.53 Å². The zero-order valence-electron chi connectivity index (χ0n) is 15.8. The van der Waals surface area contributed by atoms with Gasteiger partial charge in [0.25, 0.3) is 5.56 Å². The first-order chi connectivity index (χ1) is 14.5. The van der Waals surface area contributed by atoms with Crippen LogP contribution in [0.5, 0.6) is 5.75 Å². The number of carbonyl (C=O) groups excluding carboxylic acids is 1. The van der Waals surface area contributed by atoms with E-state index in [0.717, 1.165) is 11.8 Å². The van der Waals surface area contributed by atoms with Crippen molar-refractivity contribution in [2.45, 2.75) is 5.16 Å². The Morgan fingerprint density at radius 2 is 1.90 bits per heavy atom. The lowest BCUT2D eigenvalue weighted by Crippen LogP contribution is -2.17. The average molecular weight is 417 g/mol. The molecule has 148 valence electrons. The molecule has 1 aromatic heterocycles. The standard InChI is InChI=1S/C21H15N5O3S/c1-29-15-8-6-13(7-9-15)19-16(11-23)20(28)26-21(25-19)30-12-18(27)24-17-5-3-2-4-14(17)10-22/h2-9H,12H2,1H3,(H,24,27)(H,25,26,28). The maximum Gasteiger partial charge on any atom is 0.270 e. The Hall–Kier alpha value is -4.08. The van der Waals surface area contributed by atoms with E-state index in [1.807, 2.05) is 12.1 Å². The second-order valence-electron chi connectivity index (χ2n) is 5.93. The minimum Gasteiger partial charge on any atom is -0.497 e. The van der Waals surface area contributed by atoms with E-state index in [1.165, 1.54) is 7.11 Å². The van der Waals surface area contributed by atoms with Crippen LogP contribution < -0.4 is 15.6 Å². The van der Waals surface area contributed by atoms with Crippen LogP contribution in [0.2, 0.25) is 0 Å². The summed E-state index contributed by atoms with van der Waals surface area (Å²) in [7, 11) is 1.54. The quantitative estimate of drug-likeness (QED) is 0.465. The van der Waals surface area contributed by atoms with E-state index in [0.29, 0.717) is 22.6 Å². The minimum absolute atomic E-state index is 0.0450. The van der Waals surface area contributed by atoms with Crippen molar-refractivity contribution in [3.8, 4) is 29.1 Å². The van der Waals surface area contributed by atoms with E-state index in [1.54, 1.807) is 48.5 Å². The minimum atomic E-state index is -0.587. The van der Waals surface area contributed by atoms with E-state index in [4.69, 9.17) is 10.00 Å². The van der Waals surface area contributed by atoms with Gasteiger partial charge in [-0.1, -0.05) is 23.9 Å². The molecule has 0 radical (unpaired) electrons. The molecule has 0 fully saturated rings. The summed E-state index contributed by atoms with van der Waals surface area (Å²) in [4.78, 5) is 31.4. The van der Waals surface area contributed by atoms with Gasteiger partial charge in [0.1, 0.15) is 23.5 Å². The van der Waals surface area contributed by atoms with E-state index in [-0.39, 0.29) is 28.1 Å². The number of ether oxygens (including phenoxy) is 1. The Morgan fingerprint density at radius 1 is 1.17 bits per heavy atom. The van der Waals surface area contributed by atoms with E-state index in [9.17, 15) is 14.9 Å². The number of para-hydroxylation sites is 1. The van der Waals surface area contributed by atoms with E-state index >= 15 is 0 Å². The smallest absolute Gasteiger partial charge is 0.270 e. The van der Waals surface area contributed by atoms with Crippen LogP contribution in [-0.2, 0) is 4.79 Å². The Bertz CT molecular complexity index is 1220. The summed E-state index contributed by atoms with van der Waals surface area (Å²) in [5.74, 6) is 0.225. The molecule has 0 saturated heterocycles. The van der Waals surface area contributed by atoms with Crippen LogP contribution in [-0.4, -0.2) is 28.7 Å². The first-order valence-electron chi connectivity index (χ1n) is 8.66. The number of methoxy groups -OCH3 is 1. The van der Waals surface area contributed by atoms with Gasteiger partial charge in [-0.3, -0.25) is 9.59 Å². The SMILES string of the molecule is COc1ccc(-c2nc(SCC(=O)Nc3ccccc3C#N)[nH]c(=O)c2C#N)cc1. The summed E-state index contributed by atoms with van der Waals surface area (Å²) in [6, 6.07) is 17.3. The summed E-state index contributed by atoms with van der Waals surface area (Å²) < 4.78 is 5.12. The Kier molecular flexibility index (Phi) is 6.48. The van der Waals surface area contributed by atoms with Crippen LogP contribution in [0.4, 0.5) is 5.69 Å². The average Bonchev–Trinajstić information content (AvgIpc) is 2.77. The van der Waals surface area contributed by atoms with Gasteiger partial charge in [-0.15, -0.1) is 0 Å². The molecule has 0 bridgehead atoms. The highest BCUT2D eigenvalue weighted by molar-refractivity contribution is 7.99. The number of aromatic nitrogens is 2. The highest BCUT2D eigenvalue weighted by Gasteiger charge is 2.15. The van der Waals surface area contributed by atoms with Gasteiger partial charge in [0.15, 0.2) is 5.16 Å². The first-order valence-corrected chi connectivity index (χ1v) is 9.65. The zero-order chi connectivity index (χ0) is 21.5. The number of anilines is 1. The van der Waals surface area contributed by atoms with Crippen LogP contribution in [0.15, 0.2) is 58.5 Å². The number of hydrogen-bond acceptors (Lipinski definition) is 7. The summed E-state index contributed by atoms with van der Waals surface area (Å²) in [5.41, 5.74) is 0.857. The second-order valence-corrected chi connectivity index (χ2v) is 6.89. The van der Waals surface area contributed by atoms with Crippen molar-refractivity contribution in [3.05, 3.63) is 70.0 Å². The molecule has 8 nitrogen and oxygen atoms in total. The highest BCUT2D eigenvalue weighted by atomic mass is 32.2. The summed E-state index contributed by atoms with van der Waals surface area (Å²) >= 11 is 1.02. The molecular formula is C21H15N5O3S. The van der Waals surface area contributed by atoms with Crippen LogP contribution >= 0.6 is 11.8 Å². The van der Waals surface area contributed by atoms with E-state index in [2.05, 4.69) is 15.3 Å². The van der Waals surface area contributed by atoms with Gasteiger partial charge in [-0.05, 0) is 36.4 Å². The van der Waals surface area contributed by atoms with Crippen LogP contribution in [0.1, 0.15) is 11.1 Å². The van der Waals surface area contributed by atoms with Crippen molar-refractivity contribution in [1.82, 2.24) is 9.97 Å². The monoisotopic (exact) mass is 417 g/mol. The van der Waals surface area contributed by atoms with Gasteiger partial charge < -0.3 is 15.0 Å². The number of hydrogen-bond donors (Lipinski definition) is 2. The third-order valence-corrected chi connectivity index (χ3v) is 4.91. The number of amides is 1. The third kappa shape index (κ3) is 4.66. The maximum absolute atomic E-state index is 12.3. The fraction of sp³-hybridized carbons (Fsp3) is 0.0952. The lowest BCUT2D eigenvalue weighted by molar-refractivity contribution is -0.113. The van der Waals surface area contributed by atoms with Crippen molar-refractivity contribution in [2.75, 3.05) is 18.2 Å². The molecule has 0 aliphatic rings. The fourth-order valence-corrected chi connectivity index (χ4v) is 3.25. The molecule has 0 aliphatic heterocycles. The lowest BCUT2D eigenvalue weighted by Gasteiger charge is -2.08. The summed E-state index contributed by atoms with van der Waals surface area (Å²) in [5, 5.41) is 21.3. The fourth-order valence-electron chi connectivity index (χ4n) is 2.59. The molecule has 1 amide bonds. The van der Waals surface area contributed by atoms with Crippen molar-refractivity contribution in [1.29, 1.82) is 10.5 Å². The number of benzene rings is 2. The van der Waals surface area contributed by atoms with Crippen LogP contribution in [0, 0.1) is 22.7 Å². The molecular weight excluding hydrogens is 402 g/mol. The molecule has 2 aromatic carbocycles. The number of rotatable bonds is 6. The van der Waals surface area contributed by atoms with Crippen LogP contribution in [0.3, 0.4) is 0 Å². The molecule has 30 heavy (non-hydrogen) atoms. The van der Waals surface area contributed by atoms with Gasteiger partial charge >= 0.3 is 0 Å². The van der Waals surface area contributed by atoms with Crippen LogP contribution in [0.25, 0.3) is 11.3 Å². The largest absolute Gasteiger partial charge is 0.497 e. The Labute approximate surface area is 176 Å². The first kappa shape index (κ1) is 20.6. The van der Waals surface area contributed by atoms with Gasteiger partial charge in [-0.2, -0.15) is 10.5 Å². The lowest BCUT2D eigenvalue weighted by atomic mass is 10.1. The molecule has 2 N–H and O–H groups in total. The summed E-state index contributed by atoms with van der Waals surface area (Å²) in [6.45, 7) is 0. The number of nitrogens with zero attached hydrogens (tertiary/aromatic N) is 3. The molecule has 3 rings (SSSR count). The van der Waals surface area contributed by atoms with Gasteiger partial charge in [0, 0.05) is 5.56 Å². The number of aromatic amines is 1. The van der Waals surface area contributed by atoms with Gasteiger partial charge in [0.2, 0.25) is 5.91 Å². The van der Waals surface area contributed by atoms with Crippen molar-refractivity contribution in [3.63, 3.8) is 0 Å². The molecule has 0 atom stereocenters. The van der Waals surface area contributed by atoms with Crippen molar-refractivity contribution in [2.24, 2.45) is 0 Å². The van der Waals surface area contributed by atoms with Gasteiger partial charge in [-0.25, -0.2) is 4.98 Å². The number of nitriles is 2. The molecule has 9 heteroatoms. The topological polar surface area (TPSA) is 132 Å². The number of H-pyrrole nitrogens is 1. The normalized spacial score (nSPS) is 9.97. The highest BCUT2D eigenvalue weighted by Crippen LogP contribution is 2.24. The molecule has 0 aliphatic carbocycles. The predicted octanol–water partition coefficient (Wildman–Crippen LogP) is 2.92. The number of carbonyl (C=O) groups is 1. The van der Waals surface area contributed by atoms with Crippen molar-refractivity contribution >= 4 is 23.4 Å². The zero-order valence-corrected chi connectivity index (χ0v) is 16.6. The molecule has 0 saturated carbocycles.